The normalized spacial score (nSPS) is 14.1. The van der Waals surface area contributed by atoms with Crippen LogP contribution in [-0.2, 0) is 65.4 Å². The molecule has 3 N–H and O–H groups in total. The number of aliphatic hydroxyl groups excluding tert-OH is 1. The molecule has 0 aliphatic heterocycles. The van der Waals surface area contributed by atoms with Crippen LogP contribution in [0, 0.1) is 11.8 Å². The molecule has 0 heterocycles. The lowest BCUT2D eigenvalue weighted by Crippen LogP contribution is -2.30. The third-order valence-corrected chi connectivity index (χ3v) is 18.1. The van der Waals surface area contributed by atoms with Crippen molar-refractivity contribution >= 4 is 39.5 Å². The predicted octanol–water partition coefficient (Wildman–Crippen LogP) is 20.0. The molecular weight excluding hydrogens is 1170 g/mol. The molecule has 0 aromatic heterocycles. The Labute approximate surface area is 543 Å². The zero-order chi connectivity index (χ0) is 65.7. The lowest BCUT2D eigenvalue weighted by molar-refractivity contribution is -0.161. The Morgan fingerprint density at radius 1 is 0.303 bits per heavy atom. The van der Waals surface area contributed by atoms with Crippen LogP contribution in [0.4, 0.5) is 0 Å². The average molecular weight is 1310 g/mol. The Balaban J connectivity index is 5.16. The molecule has 19 heteroatoms. The number of unbranched alkanes of at least 4 members (excludes halogenated alkanes) is 39. The molecule has 0 bridgehead atoms. The first-order valence-corrected chi connectivity index (χ1v) is 39.5. The molecule has 0 aliphatic carbocycles. The zero-order valence-corrected chi connectivity index (χ0v) is 59.5. The minimum atomic E-state index is -4.95. The van der Waals surface area contributed by atoms with Gasteiger partial charge in [-0.05, 0) is 37.5 Å². The van der Waals surface area contributed by atoms with E-state index in [1.165, 1.54) is 167 Å². The van der Waals surface area contributed by atoms with Crippen LogP contribution in [0.3, 0.4) is 0 Å². The van der Waals surface area contributed by atoms with Crippen LogP contribution < -0.4 is 0 Å². The SMILES string of the molecule is CCCCCCCCCCCCCCC(=O)O[C@H](COC(=O)CCCCCCC)COP(=O)(O)OC[C@H](O)COP(=O)(O)OC[C@@H](COC(=O)CCCCCCCCCCCCCCC(C)C)OC(=O)CCCCCCCCCCCCCCCCC(C)C. The van der Waals surface area contributed by atoms with Gasteiger partial charge in [0.05, 0.1) is 26.4 Å². The van der Waals surface area contributed by atoms with E-state index in [2.05, 4.69) is 41.5 Å². The summed E-state index contributed by atoms with van der Waals surface area (Å²) in [6.45, 7) is 9.50. The highest BCUT2D eigenvalue weighted by atomic mass is 31.2. The van der Waals surface area contributed by atoms with Crippen molar-refractivity contribution in [1.29, 1.82) is 0 Å². The van der Waals surface area contributed by atoms with E-state index in [-0.39, 0.29) is 25.7 Å². The molecule has 0 rings (SSSR count). The van der Waals surface area contributed by atoms with Crippen LogP contribution in [0.1, 0.15) is 356 Å². The summed E-state index contributed by atoms with van der Waals surface area (Å²) in [5.41, 5.74) is 0. The van der Waals surface area contributed by atoms with Crippen LogP contribution >= 0.6 is 15.6 Å². The predicted molar refractivity (Wildman–Crippen MR) is 358 cm³/mol. The van der Waals surface area contributed by atoms with E-state index in [1.54, 1.807) is 0 Å². The number of carbonyl (C=O) groups excluding carboxylic acids is 4. The minimum absolute atomic E-state index is 0.106. The van der Waals surface area contributed by atoms with E-state index in [0.29, 0.717) is 25.7 Å². The fraction of sp³-hybridized carbons (Fsp3) is 0.943. The second-order valence-corrected chi connectivity index (χ2v) is 29.1. The van der Waals surface area contributed by atoms with Crippen molar-refractivity contribution < 1.29 is 80.2 Å². The summed E-state index contributed by atoms with van der Waals surface area (Å²) in [6.07, 6.45) is 47.5. The summed E-state index contributed by atoms with van der Waals surface area (Å²) in [5.74, 6) is -0.557. The van der Waals surface area contributed by atoms with Gasteiger partial charge in [-0.25, -0.2) is 9.13 Å². The molecular formula is C70H136O17P2. The van der Waals surface area contributed by atoms with Crippen molar-refractivity contribution in [3.05, 3.63) is 0 Å². The van der Waals surface area contributed by atoms with Gasteiger partial charge in [-0.2, -0.15) is 0 Å². The van der Waals surface area contributed by atoms with Crippen molar-refractivity contribution in [2.75, 3.05) is 39.6 Å². The van der Waals surface area contributed by atoms with Crippen LogP contribution in [0.5, 0.6) is 0 Å². The van der Waals surface area contributed by atoms with E-state index in [4.69, 9.17) is 37.0 Å². The number of hydrogen-bond acceptors (Lipinski definition) is 15. The van der Waals surface area contributed by atoms with Gasteiger partial charge in [-0.1, -0.05) is 305 Å². The molecule has 528 valence electrons. The summed E-state index contributed by atoms with van der Waals surface area (Å²) in [5, 5.41) is 10.6. The maximum absolute atomic E-state index is 13.0. The van der Waals surface area contributed by atoms with Gasteiger partial charge in [0.2, 0.25) is 0 Å². The highest BCUT2D eigenvalue weighted by Gasteiger charge is 2.30. The van der Waals surface area contributed by atoms with Gasteiger partial charge < -0.3 is 33.8 Å². The Kier molecular flexibility index (Phi) is 60.8. The van der Waals surface area contributed by atoms with Crippen molar-refractivity contribution in [1.82, 2.24) is 0 Å². The molecule has 0 amide bonds. The molecule has 0 fully saturated rings. The number of carbonyl (C=O) groups is 4. The van der Waals surface area contributed by atoms with E-state index < -0.39 is 97.5 Å². The van der Waals surface area contributed by atoms with E-state index in [1.807, 2.05) is 0 Å². The van der Waals surface area contributed by atoms with E-state index in [0.717, 1.165) is 108 Å². The summed E-state index contributed by atoms with van der Waals surface area (Å²) in [7, 11) is -9.89. The van der Waals surface area contributed by atoms with E-state index >= 15 is 0 Å². The summed E-state index contributed by atoms with van der Waals surface area (Å²) in [4.78, 5) is 72.3. The molecule has 0 saturated heterocycles. The zero-order valence-electron chi connectivity index (χ0n) is 57.7. The molecule has 0 aliphatic rings. The second-order valence-electron chi connectivity index (χ2n) is 26.2. The Hall–Kier alpha value is -1.94. The number of ether oxygens (including phenoxy) is 4. The molecule has 89 heavy (non-hydrogen) atoms. The molecule has 5 atom stereocenters. The Morgan fingerprint density at radius 2 is 0.517 bits per heavy atom. The number of esters is 4. The molecule has 0 saturated carbocycles. The fourth-order valence-electron chi connectivity index (χ4n) is 10.6. The van der Waals surface area contributed by atoms with Gasteiger partial charge in [-0.3, -0.25) is 37.3 Å². The Bertz CT molecular complexity index is 1730. The maximum Gasteiger partial charge on any atom is 0.472 e. The summed E-state index contributed by atoms with van der Waals surface area (Å²) < 4.78 is 68.1. The van der Waals surface area contributed by atoms with Crippen LogP contribution in [0.25, 0.3) is 0 Å². The third-order valence-electron chi connectivity index (χ3n) is 16.2. The third kappa shape index (κ3) is 64.6. The van der Waals surface area contributed by atoms with Crippen molar-refractivity contribution in [3.8, 4) is 0 Å². The maximum atomic E-state index is 13.0. The molecule has 0 radical (unpaired) electrons. The van der Waals surface area contributed by atoms with Gasteiger partial charge in [-0.15, -0.1) is 0 Å². The number of aliphatic hydroxyl groups is 1. The standard InChI is InChI=1S/C70H136O17P2/c1-7-9-11-13-14-15-16-25-31-36-42-48-54-69(74)86-65(58-80-67(72)52-46-38-12-10-8-2)60-84-88(76,77)82-56-64(71)57-83-89(78,79)85-61-66(59-81-68(73)53-47-41-35-30-26-22-21-24-29-34-40-45-51-63(5)6)87-70(75)55-49-43-37-32-27-20-18-17-19-23-28-33-39-44-50-62(3)4/h62-66,71H,7-61H2,1-6H3,(H,76,77)(H,78,79)/t64-,65+,66+/m0/s1. The van der Waals surface area contributed by atoms with Gasteiger partial charge >= 0.3 is 39.5 Å². The number of hydrogen-bond donors (Lipinski definition) is 3. The molecule has 0 spiro atoms. The van der Waals surface area contributed by atoms with Gasteiger partial charge in [0.1, 0.15) is 19.3 Å². The lowest BCUT2D eigenvalue weighted by Gasteiger charge is -2.21. The molecule has 2 unspecified atom stereocenters. The highest BCUT2D eigenvalue weighted by molar-refractivity contribution is 7.47. The smallest absolute Gasteiger partial charge is 0.462 e. The first-order valence-electron chi connectivity index (χ1n) is 36.5. The number of rotatable bonds is 69. The first-order chi connectivity index (χ1) is 42.9. The summed E-state index contributed by atoms with van der Waals surface area (Å²) >= 11 is 0. The van der Waals surface area contributed by atoms with Crippen LogP contribution in [0.2, 0.25) is 0 Å². The topological polar surface area (TPSA) is 237 Å². The molecule has 0 aromatic carbocycles. The van der Waals surface area contributed by atoms with Crippen LogP contribution in [-0.4, -0.2) is 96.7 Å². The lowest BCUT2D eigenvalue weighted by atomic mass is 10.0. The van der Waals surface area contributed by atoms with Crippen molar-refractivity contribution in [3.63, 3.8) is 0 Å². The van der Waals surface area contributed by atoms with Crippen LogP contribution in [0.15, 0.2) is 0 Å². The highest BCUT2D eigenvalue weighted by Crippen LogP contribution is 2.45. The van der Waals surface area contributed by atoms with Gasteiger partial charge in [0, 0.05) is 25.7 Å². The summed E-state index contributed by atoms with van der Waals surface area (Å²) in [6, 6.07) is 0. The van der Waals surface area contributed by atoms with Crippen molar-refractivity contribution in [2.24, 2.45) is 11.8 Å². The average Bonchev–Trinajstić information content (AvgIpc) is 3.59. The first kappa shape index (κ1) is 87.1. The second kappa shape index (κ2) is 62.2. The quantitative estimate of drug-likeness (QED) is 0.0222. The molecule has 17 nitrogen and oxygen atoms in total. The fourth-order valence-corrected chi connectivity index (χ4v) is 12.2. The minimum Gasteiger partial charge on any atom is -0.462 e. The van der Waals surface area contributed by atoms with Crippen molar-refractivity contribution in [2.45, 2.75) is 374 Å². The Morgan fingerprint density at radius 3 is 0.764 bits per heavy atom. The van der Waals surface area contributed by atoms with E-state index in [9.17, 15) is 43.2 Å². The van der Waals surface area contributed by atoms with Gasteiger partial charge in [0.25, 0.3) is 0 Å². The number of phosphoric acid groups is 2. The van der Waals surface area contributed by atoms with Gasteiger partial charge in [0.15, 0.2) is 12.2 Å². The monoisotopic (exact) mass is 1310 g/mol. The number of phosphoric ester groups is 2. The molecule has 0 aromatic rings. The largest absolute Gasteiger partial charge is 0.472 e.